The molecule has 2 aromatic heterocycles. The molecule has 2 heterocycles. The molecule has 0 saturated carbocycles. The molecule has 0 atom stereocenters. The second-order valence-electron chi connectivity index (χ2n) is 4.40. The number of anilines is 1. The zero-order chi connectivity index (χ0) is 13.2. The lowest BCUT2D eigenvalue weighted by atomic mass is 10.2. The van der Waals surface area contributed by atoms with Crippen molar-refractivity contribution in [3.63, 3.8) is 0 Å². The van der Waals surface area contributed by atoms with Crippen LogP contribution < -0.4 is 10.5 Å². The van der Waals surface area contributed by atoms with Crippen LogP contribution in [0.15, 0.2) is 48.8 Å². The predicted molar refractivity (Wildman–Crippen MR) is 76.2 cm³/mol. The van der Waals surface area contributed by atoms with Gasteiger partial charge in [0.1, 0.15) is 0 Å². The third-order valence-corrected chi connectivity index (χ3v) is 3.20. The summed E-state index contributed by atoms with van der Waals surface area (Å²) in [7, 11) is 1.63. The van der Waals surface area contributed by atoms with Crippen LogP contribution in [0.2, 0.25) is 0 Å². The topological polar surface area (TPSA) is 53.1 Å². The lowest BCUT2D eigenvalue weighted by molar-refractivity contribution is 0.391. The molecule has 0 amide bonds. The molecule has 0 spiro atoms. The Kier molecular flexibility index (Phi) is 2.83. The number of methoxy groups -OCH3 is 1. The maximum Gasteiger partial charge on any atom is 0.218 e. The predicted octanol–water partition coefficient (Wildman–Crippen LogP) is 2.68. The number of nitrogens with zero attached hydrogens (tertiary/aromatic N) is 2. The van der Waals surface area contributed by atoms with Gasteiger partial charge in [0.15, 0.2) is 0 Å². The molecule has 1 aromatic carbocycles. The van der Waals surface area contributed by atoms with Gasteiger partial charge in [-0.15, -0.1) is 0 Å². The van der Waals surface area contributed by atoms with Crippen molar-refractivity contribution in [2.45, 2.75) is 6.54 Å². The summed E-state index contributed by atoms with van der Waals surface area (Å²) in [4.78, 5) is 4.21. The molecule has 3 aromatic rings. The average Bonchev–Trinajstić information content (AvgIpc) is 2.84. The summed E-state index contributed by atoms with van der Waals surface area (Å²) in [5.41, 5.74) is 8.92. The smallest absolute Gasteiger partial charge is 0.218 e. The van der Waals surface area contributed by atoms with Gasteiger partial charge in [-0.25, -0.2) is 4.98 Å². The normalized spacial score (nSPS) is 10.8. The SMILES string of the molecule is COc1ncccc1Cn1ccc2cccc(N)c21. The van der Waals surface area contributed by atoms with E-state index < -0.39 is 0 Å². The van der Waals surface area contributed by atoms with E-state index in [4.69, 9.17) is 10.5 Å². The Bertz CT molecular complexity index is 718. The van der Waals surface area contributed by atoms with Crippen molar-refractivity contribution in [2.24, 2.45) is 0 Å². The first kappa shape index (κ1) is 11.6. The van der Waals surface area contributed by atoms with Gasteiger partial charge in [0, 0.05) is 23.3 Å². The Morgan fingerprint density at radius 2 is 2.11 bits per heavy atom. The Labute approximate surface area is 111 Å². The molecule has 0 bridgehead atoms. The number of pyridine rings is 1. The minimum absolute atomic E-state index is 0.652. The zero-order valence-electron chi connectivity index (χ0n) is 10.7. The summed E-state index contributed by atoms with van der Waals surface area (Å²) in [6.07, 6.45) is 3.76. The Hall–Kier alpha value is -2.49. The van der Waals surface area contributed by atoms with Gasteiger partial charge >= 0.3 is 0 Å². The molecule has 0 unspecified atom stereocenters. The van der Waals surface area contributed by atoms with E-state index in [1.165, 1.54) is 0 Å². The highest BCUT2D eigenvalue weighted by Crippen LogP contribution is 2.24. The summed E-state index contributed by atoms with van der Waals surface area (Å²) in [6, 6.07) is 11.9. The minimum atomic E-state index is 0.652. The second-order valence-corrected chi connectivity index (χ2v) is 4.40. The largest absolute Gasteiger partial charge is 0.481 e. The van der Waals surface area contributed by atoms with E-state index in [1.807, 2.05) is 30.5 Å². The Morgan fingerprint density at radius 1 is 1.21 bits per heavy atom. The van der Waals surface area contributed by atoms with Gasteiger partial charge in [-0.3, -0.25) is 0 Å². The number of fused-ring (bicyclic) bond motifs is 1. The number of aromatic nitrogens is 2. The number of hydrogen-bond donors (Lipinski definition) is 1. The van der Waals surface area contributed by atoms with E-state index in [0.717, 1.165) is 22.2 Å². The van der Waals surface area contributed by atoms with Crippen LogP contribution in [0.1, 0.15) is 5.56 Å². The third-order valence-electron chi connectivity index (χ3n) is 3.20. The first-order valence-corrected chi connectivity index (χ1v) is 6.11. The van der Waals surface area contributed by atoms with Crippen molar-refractivity contribution in [2.75, 3.05) is 12.8 Å². The molecule has 19 heavy (non-hydrogen) atoms. The quantitative estimate of drug-likeness (QED) is 0.730. The molecular formula is C15H15N3O. The van der Waals surface area contributed by atoms with Gasteiger partial charge in [-0.05, 0) is 18.2 Å². The van der Waals surface area contributed by atoms with Crippen molar-refractivity contribution >= 4 is 16.6 Å². The van der Waals surface area contributed by atoms with Crippen LogP contribution in [0.25, 0.3) is 10.9 Å². The second kappa shape index (κ2) is 4.65. The van der Waals surface area contributed by atoms with Crippen LogP contribution >= 0.6 is 0 Å². The molecular weight excluding hydrogens is 238 g/mol. The summed E-state index contributed by atoms with van der Waals surface area (Å²) < 4.78 is 7.40. The maximum absolute atomic E-state index is 6.06. The van der Waals surface area contributed by atoms with Crippen LogP contribution in [0.4, 0.5) is 5.69 Å². The molecule has 0 radical (unpaired) electrons. The summed E-state index contributed by atoms with van der Waals surface area (Å²) in [5.74, 6) is 0.652. The molecule has 0 aliphatic heterocycles. The molecule has 3 rings (SSSR count). The maximum atomic E-state index is 6.06. The summed E-state index contributed by atoms with van der Waals surface area (Å²) in [5, 5.41) is 1.14. The lowest BCUT2D eigenvalue weighted by Crippen LogP contribution is -2.03. The number of ether oxygens (including phenoxy) is 1. The van der Waals surface area contributed by atoms with Crippen LogP contribution in [0, 0.1) is 0 Å². The van der Waals surface area contributed by atoms with Crippen molar-refractivity contribution < 1.29 is 4.74 Å². The first-order valence-electron chi connectivity index (χ1n) is 6.11. The van der Waals surface area contributed by atoms with E-state index in [9.17, 15) is 0 Å². The van der Waals surface area contributed by atoms with Gasteiger partial charge in [-0.1, -0.05) is 18.2 Å². The van der Waals surface area contributed by atoms with Crippen molar-refractivity contribution in [1.82, 2.24) is 9.55 Å². The molecule has 0 fully saturated rings. The van der Waals surface area contributed by atoms with E-state index in [-0.39, 0.29) is 0 Å². The van der Waals surface area contributed by atoms with E-state index in [2.05, 4.69) is 21.7 Å². The average molecular weight is 253 g/mol. The number of nitrogen functional groups attached to an aromatic ring is 1. The highest BCUT2D eigenvalue weighted by molar-refractivity contribution is 5.90. The summed E-state index contributed by atoms with van der Waals surface area (Å²) >= 11 is 0. The zero-order valence-corrected chi connectivity index (χ0v) is 10.7. The van der Waals surface area contributed by atoms with Crippen LogP contribution in [-0.2, 0) is 6.54 Å². The van der Waals surface area contributed by atoms with Gasteiger partial charge in [0.2, 0.25) is 5.88 Å². The standard InChI is InChI=1S/C15H15N3O/c1-19-15-12(5-3-8-17-15)10-18-9-7-11-4-2-6-13(16)14(11)18/h2-9H,10,16H2,1H3. The van der Waals surface area contributed by atoms with Crippen molar-refractivity contribution in [1.29, 1.82) is 0 Å². The Balaban J connectivity index is 2.06. The fourth-order valence-electron chi connectivity index (χ4n) is 2.33. The van der Waals surface area contributed by atoms with Crippen LogP contribution in [0.5, 0.6) is 5.88 Å². The third kappa shape index (κ3) is 2.01. The van der Waals surface area contributed by atoms with Crippen molar-refractivity contribution in [3.8, 4) is 5.88 Å². The number of nitrogens with two attached hydrogens (primary N) is 1. The van der Waals surface area contributed by atoms with Crippen LogP contribution in [-0.4, -0.2) is 16.7 Å². The van der Waals surface area contributed by atoms with Gasteiger partial charge < -0.3 is 15.0 Å². The fourth-order valence-corrected chi connectivity index (χ4v) is 2.33. The fraction of sp³-hybridized carbons (Fsp3) is 0.133. The summed E-state index contributed by atoms with van der Waals surface area (Å²) in [6.45, 7) is 0.689. The van der Waals surface area contributed by atoms with Gasteiger partial charge in [-0.2, -0.15) is 0 Å². The number of para-hydroxylation sites is 1. The molecule has 4 heteroatoms. The molecule has 0 aliphatic carbocycles. The van der Waals surface area contributed by atoms with E-state index >= 15 is 0 Å². The number of benzene rings is 1. The van der Waals surface area contributed by atoms with E-state index in [1.54, 1.807) is 13.3 Å². The number of hydrogen-bond acceptors (Lipinski definition) is 3. The van der Waals surface area contributed by atoms with Crippen LogP contribution in [0.3, 0.4) is 0 Å². The minimum Gasteiger partial charge on any atom is -0.481 e. The molecule has 0 aliphatic rings. The molecule has 4 nitrogen and oxygen atoms in total. The van der Waals surface area contributed by atoms with Gasteiger partial charge in [0.05, 0.1) is 24.9 Å². The highest BCUT2D eigenvalue weighted by Gasteiger charge is 2.08. The Morgan fingerprint density at radius 3 is 2.95 bits per heavy atom. The van der Waals surface area contributed by atoms with E-state index in [0.29, 0.717) is 12.4 Å². The molecule has 0 saturated heterocycles. The highest BCUT2D eigenvalue weighted by atomic mass is 16.5. The first-order chi connectivity index (χ1) is 9.29. The number of rotatable bonds is 3. The monoisotopic (exact) mass is 253 g/mol. The molecule has 2 N–H and O–H groups in total. The van der Waals surface area contributed by atoms with Crippen molar-refractivity contribution in [3.05, 3.63) is 54.4 Å². The lowest BCUT2D eigenvalue weighted by Gasteiger charge is -2.10. The molecule has 96 valence electrons. The van der Waals surface area contributed by atoms with Gasteiger partial charge in [0.25, 0.3) is 0 Å².